The van der Waals surface area contributed by atoms with Gasteiger partial charge in [0.2, 0.25) is 0 Å². The average Bonchev–Trinajstić information content (AvgIpc) is 3.12. The monoisotopic (exact) mass is 341 g/mol. The lowest BCUT2D eigenvalue weighted by Gasteiger charge is -2.35. The molecule has 1 atom stereocenters. The summed E-state index contributed by atoms with van der Waals surface area (Å²) in [5.41, 5.74) is 0.796. The first-order chi connectivity index (χ1) is 12.1. The first kappa shape index (κ1) is 16.6. The van der Waals surface area contributed by atoms with Gasteiger partial charge >= 0.3 is 6.03 Å². The Morgan fingerprint density at radius 1 is 1.08 bits per heavy atom. The molecule has 0 unspecified atom stereocenters. The highest BCUT2D eigenvalue weighted by Crippen LogP contribution is 2.39. The molecule has 0 aromatic heterocycles. The van der Waals surface area contributed by atoms with Crippen LogP contribution in [0.25, 0.3) is 0 Å². The van der Waals surface area contributed by atoms with Crippen molar-refractivity contribution in [2.45, 2.75) is 50.6 Å². The number of imide groups is 1. The molecule has 3 saturated heterocycles. The maximum absolute atomic E-state index is 12.9. The van der Waals surface area contributed by atoms with Crippen LogP contribution in [0, 0.1) is 0 Å². The van der Waals surface area contributed by atoms with Gasteiger partial charge in [0.15, 0.2) is 0 Å². The number of hydrogen-bond donors (Lipinski definition) is 0. The van der Waals surface area contributed by atoms with E-state index in [0.717, 1.165) is 58.3 Å². The maximum atomic E-state index is 12.9. The van der Waals surface area contributed by atoms with E-state index in [0.29, 0.717) is 0 Å². The first-order valence-electron chi connectivity index (χ1n) is 9.51. The standard InChI is InChI=1S/C20H27N3O2/c1-20-11-5-12-22(20)19(25)23(18(20)24)17-9-14-21(15-10-17)13-8-16-6-3-2-4-7-16/h2-4,6-7,17H,5,8-15H2,1H3/t20-/m0/s1. The molecule has 5 nitrogen and oxygen atoms in total. The van der Waals surface area contributed by atoms with Crippen LogP contribution in [0.4, 0.5) is 4.79 Å². The molecule has 0 radical (unpaired) electrons. The van der Waals surface area contributed by atoms with Gasteiger partial charge in [0, 0.05) is 32.2 Å². The number of carbonyl (C=O) groups excluding carboxylic acids is 2. The largest absolute Gasteiger partial charge is 0.327 e. The van der Waals surface area contributed by atoms with Crippen molar-refractivity contribution in [3.05, 3.63) is 35.9 Å². The molecule has 3 aliphatic heterocycles. The van der Waals surface area contributed by atoms with E-state index in [9.17, 15) is 9.59 Å². The highest BCUT2D eigenvalue weighted by Gasteiger charge is 2.57. The van der Waals surface area contributed by atoms with Gasteiger partial charge in [-0.25, -0.2) is 4.79 Å². The van der Waals surface area contributed by atoms with Gasteiger partial charge in [-0.3, -0.25) is 9.69 Å². The molecule has 0 N–H and O–H groups in total. The number of benzene rings is 1. The summed E-state index contributed by atoms with van der Waals surface area (Å²) in [6.45, 7) is 5.64. The van der Waals surface area contributed by atoms with Gasteiger partial charge in [-0.1, -0.05) is 30.3 Å². The van der Waals surface area contributed by atoms with Crippen molar-refractivity contribution in [2.24, 2.45) is 0 Å². The van der Waals surface area contributed by atoms with E-state index in [2.05, 4.69) is 29.2 Å². The highest BCUT2D eigenvalue weighted by atomic mass is 16.2. The van der Waals surface area contributed by atoms with Crippen molar-refractivity contribution < 1.29 is 9.59 Å². The summed E-state index contributed by atoms with van der Waals surface area (Å²) in [4.78, 5) is 31.4. The van der Waals surface area contributed by atoms with Crippen molar-refractivity contribution in [1.82, 2.24) is 14.7 Å². The molecule has 134 valence electrons. The second kappa shape index (κ2) is 6.45. The van der Waals surface area contributed by atoms with E-state index in [1.54, 1.807) is 9.80 Å². The molecular weight excluding hydrogens is 314 g/mol. The Morgan fingerprint density at radius 3 is 2.48 bits per heavy atom. The Morgan fingerprint density at radius 2 is 1.80 bits per heavy atom. The van der Waals surface area contributed by atoms with Crippen molar-refractivity contribution in [2.75, 3.05) is 26.2 Å². The van der Waals surface area contributed by atoms with Gasteiger partial charge in [-0.2, -0.15) is 0 Å². The summed E-state index contributed by atoms with van der Waals surface area (Å²) in [7, 11) is 0. The van der Waals surface area contributed by atoms with Crippen molar-refractivity contribution in [3.63, 3.8) is 0 Å². The Balaban J connectivity index is 1.33. The number of urea groups is 1. The zero-order valence-electron chi connectivity index (χ0n) is 15.0. The lowest BCUT2D eigenvalue weighted by molar-refractivity contribution is -0.134. The second-order valence-electron chi connectivity index (χ2n) is 7.80. The van der Waals surface area contributed by atoms with Gasteiger partial charge in [0.1, 0.15) is 5.54 Å². The number of rotatable bonds is 4. The molecule has 0 spiro atoms. The topological polar surface area (TPSA) is 43.9 Å². The van der Waals surface area contributed by atoms with Crippen LogP contribution in [0.15, 0.2) is 30.3 Å². The number of hydrogen-bond acceptors (Lipinski definition) is 3. The Bertz CT molecular complexity index is 654. The van der Waals surface area contributed by atoms with Gasteiger partial charge < -0.3 is 9.80 Å². The third-order valence-electron chi connectivity index (χ3n) is 6.24. The summed E-state index contributed by atoms with van der Waals surface area (Å²) in [5, 5.41) is 0. The van der Waals surface area contributed by atoms with Crippen LogP contribution in [0.3, 0.4) is 0 Å². The lowest BCUT2D eigenvalue weighted by atomic mass is 9.97. The normalized spacial score (nSPS) is 28.0. The van der Waals surface area contributed by atoms with E-state index in [1.165, 1.54) is 5.56 Å². The van der Waals surface area contributed by atoms with E-state index in [1.807, 2.05) is 13.0 Å². The summed E-state index contributed by atoms with van der Waals surface area (Å²) in [6, 6.07) is 10.6. The quantitative estimate of drug-likeness (QED) is 0.791. The van der Waals surface area contributed by atoms with Crippen LogP contribution in [0.2, 0.25) is 0 Å². The average molecular weight is 341 g/mol. The zero-order valence-corrected chi connectivity index (χ0v) is 15.0. The van der Waals surface area contributed by atoms with E-state index >= 15 is 0 Å². The SMILES string of the molecule is C[C@@]12CCCN1C(=O)N(C1CCN(CCc3ccccc3)CC1)C2=O. The predicted molar refractivity (Wildman–Crippen MR) is 96.2 cm³/mol. The van der Waals surface area contributed by atoms with Crippen LogP contribution in [-0.2, 0) is 11.2 Å². The molecular formula is C20H27N3O2. The third kappa shape index (κ3) is 2.84. The van der Waals surface area contributed by atoms with Gasteiger partial charge in [-0.05, 0) is 44.6 Å². The summed E-state index contributed by atoms with van der Waals surface area (Å²) in [6.07, 6.45) is 4.61. The molecule has 3 aliphatic rings. The number of fused-ring (bicyclic) bond motifs is 1. The summed E-state index contributed by atoms with van der Waals surface area (Å²) in [5.74, 6) is 0.0396. The van der Waals surface area contributed by atoms with Crippen molar-refractivity contribution in [3.8, 4) is 0 Å². The van der Waals surface area contributed by atoms with Crippen LogP contribution in [0.1, 0.15) is 38.2 Å². The molecule has 0 aliphatic carbocycles. The number of carbonyl (C=O) groups is 2. The van der Waals surface area contributed by atoms with E-state index < -0.39 is 5.54 Å². The number of likely N-dealkylation sites (tertiary alicyclic amines) is 1. The smallest absolute Gasteiger partial charge is 0.310 e. The molecule has 5 heteroatoms. The molecule has 1 aromatic rings. The highest BCUT2D eigenvalue weighted by molar-refractivity contribution is 6.07. The Labute approximate surface area is 149 Å². The number of nitrogens with zero attached hydrogens (tertiary/aromatic N) is 3. The van der Waals surface area contributed by atoms with Crippen LogP contribution >= 0.6 is 0 Å². The zero-order chi connectivity index (χ0) is 17.4. The molecule has 3 fully saturated rings. The fourth-order valence-corrected chi connectivity index (χ4v) is 4.62. The third-order valence-corrected chi connectivity index (χ3v) is 6.24. The molecule has 4 rings (SSSR count). The van der Waals surface area contributed by atoms with Crippen LogP contribution in [0.5, 0.6) is 0 Å². The van der Waals surface area contributed by atoms with Gasteiger partial charge in [-0.15, -0.1) is 0 Å². The minimum absolute atomic E-state index is 0.0396. The van der Waals surface area contributed by atoms with Crippen molar-refractivity contribution >= 4 is 11.9 Å². The number of piperidine rings is 1. The first-order valence-corrected chi connectivity index (χ1v) is 9.51. The second-order valence-corrected chi connectivity index (χ2v) is 7.80. The van der Waals surface area contributed by atoms with E-state index in [-0.39, 0.29) is 18.0 Å². The fourth-order valence-electron chi connectivity index (χ4n) is 4.62. The fraction of sp³-hybridized carbons (Fsp3) is 0.600. The van der Waals surface area contributed by atoms with E-state index in [4.69, 9.17) is 0 Å². The maximum Gasteiger partial charge on any atom is 0.327 e. The predicted octanol–water partition coefficient (Wildman–Crippen LogP) is 2.51. The van der Waals surface area contributed by atoms with Crippen molar-refractivity contribution in [1.29, 1.82) is 0 Å². The van der Waals surface area contributed by atoms with Crippen LogP contribution in [-0.4, -0.2) is 64.4 Å². The molecule has 0 saturated carbocycles. The molecule has 1 aromatic carbocycles. The van der Waals surface area contributed by atoms with Gasteiger partial charge in [0.05, 0.1) is 0 Å². The molecule has 0 bridgehead atoms. The molecule has 25 heavy (non-hydrogen) atoms. The lowest BCUT2D eigenvalue weighted by Crippen LogP contribution is -2.49. The minimum atomic E-state index is -0.568. The molecule has 3 amide bonds. The number of amides is 3. The Kier molecular flexibility index (Phi) is 4.28. The Hall–Kier alpha value is -1.88. The summed E-state index contributed by atoms with van der Waals surface area (Å²) >= 11 is 0. The van der Waals surface area contributed by atoms with Gasteiger partial charge in [0.25, 0.3) is 5.91 Å². The minimum Gasteiger partial charge on any atom is -0.310 e. The van der Waals surface area contributed by atoms with Crippen LogP contribution < -0.4 is 0 Å². The molecule has 3 heterocycles. The summed E-state index contributed by atoms with van der Waals surface area (Å²) < 4.78 is 0.